The molecule has 140 valence electrons. The van der Waals surface area contributed by atoms with Gasteiger partial charge in [-0.25, -0.2) is 4.79 Å². The van der Waals surface area contributed by atoms with Gasteiger partial charge in [0.15, 0.2) is 0 Å². The molecule has 0 radical (unpaired) electrons. The van der Waals surface area contributed by atoms with Gasteiger partial charge in [-0.1, -0.05) is 19.8 Å². The van der Waals surface area contributed by atoms with Crippen molar-refractivity contribution >= 4 is 6.03 Å². The summed E-state index contributed by atoms with van der Waals surface area (Å²) in [4.78, 5) is 16.7. The Labute approximate surface area is 147 Å². The number of likely N-dealkylation sites (tertiary alicyclic amines) is 1. The number of rotatable bonds is 6. The van der Waals surface area contributed by atoms with Crippen LogP contribution in [0.3, 0.4) is 0 Å². The zero-order valence-electron chi connectivity index (χ0n) is 15.7. The molecule has 1 aliphatic heterocycles. The number of nitrogens with one attached hydrogen (secondary N) is 2. The van der Waals surface area contributed by atoms with Gasteiger partial charge in [0.05, 0.1) is 6.10 Å². The molecule has 24 heavy (non-hydrogen) atoms. The number of nitrogens with zero attached hydrogens (tertiary/aromatic N) is 2. The Morgan fingerprint density at radius 1 is 1.21 bits per heavy atom. The van der Waals surface area contributed by atoms with Gasteiger partial charge in [0.2, 0.25) is 0 Å². The van der Waals surface area contributed by atoms with Crippen molar-refractivity contribution in [2.24, 2.45) is 5.41 Å². The van der Waals surface area contributed by atoms with Crippen LogP contribution in [0.4, 0.5) is 4.79 Å². The molecule has 0 aromatic heterocycles. The molecule has 1 saturated heterocycles. The lowest BCUT2D eigenvalue weighted by Gasteiger charge is -2.38. The molecule has 0 bridgehead atoms. The van der Waals surface area contributed by atoms with Crippen LogP contribution in [0.25, 0.3) is 0 Å². The van der Waals surface area contributed by atoms with Crippen LogP contribution in [0.1, 0.15) is 45.4 Å². The van der Waals surface area contributed by atoms with E-state index in [4.69, 9.17) is 0 Å². The van der Waals surface area contributed by atoms with Crippen molar-refractivity contribution in [3.8, 4) is 0 Å². The fourth-order valence-electron chi connectivity index (χ4n) is 3.92. The summed E-state index contributed by atoms with van der Waals surface area (Å²) >= 11 is 0. The topological polar surface area (TPSA) is 67.8 Å². The number of piperidine rings is 1. The van der Waals surface area contributed by atoms with Crippen molar-refractivity contribution in [1.29, 1.82) is 0 Å². The maximum absolute atomic E-state index is 12.0. The predicted molar refractivity (Wildman–Crippen MR) is 97.1 cm³/mol. The Bertz CT molecular complexity index is 396. The number of hydrogen-bond donors (Lipinski definition) is 3. The summed E-state index contributed by atoms with van der Waals surface area (Å²) in [7, 11) is 4.30. The van der Waals surface area contributed by atoms with Gasteiger partial charge >= 0.3 is 6.03 Å². The number of hydrogen-bond acceptors (Lipinski definition) is 4. The highest BCUT2D eigenvalue weighted by molar-refractivity contribution is 5.73. The summed E-state index contributed by atoms with van der Waals surface area (Å²) in [6.07, 6.45) is 6.17. The number of urea groups is 1. The van der Waals surface area contributed by atoms with E-state index >= 15 is 0 Å². The molecular formula is C18H36N4O2. The second-order valence-electron chi connectivity index (χ2n) is 8.06. The molecular weight excluding hydrogens is 304 g/mol. The van der Waals surface area contributed by atoms with Crippen LogP contribution in [-0.2, 0) is 0 Å². The minimum absolute atomic E-state index is 0.114. The number of amides is 2. The van der Waals surface area contributed by atoms with Gasteiger partial charge < -0.3 is 25.5 Å². The van der Waals surface area contributed by atoms with Crippen molar-refractivity contribution in [3.63, 3.8) is 0 Å². The number of aliphatic hydroxyl groups excluding tert-OH is 1. The van der Waals surface area contributed by atoms with Gasteiger partial charge in [-0.3, -0.25) is 0 Å². The van der Waals surface area contributed by atoms with Crippen LogP contribution in [0, 0.1) is 5.41 Å². The summed E-state index contributed by atoms with van der Waals surface area (Å²) in [6.45, 7) is 6.43. The number of carbonyl (C=O) groups excluding carboxylic acids is 1. The van der Waals surface area contributed by atoms with Crippen LogP contribution in [-0.4, -0.2) is 79.9 Å². The SMILES string of the molecule is CN(C)C1CCN(CCNC(=O)NCC2(C)CCCCC2O)CC1. The third-order valence-corrected chi connectivity index (χ3v) is 5.93. The number of carbonyl (C=O) groups is 1. The van der Waals surface area contributed by atoms with Crippen molar-refractivity contribution in [3.05, 3.63) is 0 Å². The summed E-state index contributed by atoms with van der Waals surface area (Å²) in [5, 5.41) is 16.1. The monoisotopic (exact) mass is 340 g/mol. The third kappa shape index (κ3) is 5.60. The maximum Gasteiger partial charge on any atom is 0.314 e. The molecule has 2 aliphatic rings. The molecule has 2 unspecified atom stereocenters. The van der Waals surface area contributed by atoms with Gasteiger partial charge in [0, 0.05) is 31.1 Å². The first kappa shape index (κ1) is 19.5. The van der Waals surface area contributed by atoms with E-state index in [1.54, 1.807) is 0 Å². The smallest absolute Gasteiger partial charge is 0.314 e. The standard InChI is InChI=1S/C18H36N4O2/c1-18(9-5-4-6-16(18)23)14-20-17(24)19-10-13-22-11-7-15(8-12-22)21(2)3/h15-16,23H,4-14H2,1-3H3,(H2,19,20,24). The summed E-state index contributed by atoms with van der Waals surface area (Å²) in [5.41, 5.74) is -0.177. The molecule has 2 rings (SSSR count). The first-order valence-electron chi connectivity index (χ1n) is 9.49. The van der Waals surface area contributed by atoms with Gasteiger partial charge in [-0.15, -0.1) is 0 Å². The van der Waals surface area contributed by atoms with E-state index in [0.29, 0.717) is 19.1 Å². The van der Waals surface area contributed by atoms with Gasteiger partial charge in [-0.05, 0) is 52.9 Å². The van der Waals surface area contributed by atoms with Crippen LogP contribution in [0.15, 0.2) is 0 Å². The largest absolute Gasteiger partial charge is 0.392 e. The molecule has 6 heteroatoms. The maximum atomic E-state index is 12.0. The van der Waals surface area contributed by atoms with E-state index < -0.39 is 0 Å². The molecule has 0 spiro atoms. The van der Waals surface area contributed by atoms with Gasteiger partial charge in [-0.2, -0.15) is 0 Å². The van der Waals surface area contributed by atoms with Gasteiger partial charge in [0.1, 0.15) is 0 Å². The summed E-state index contributed by atoms with van der Waals surface area (Å²) in [5.74, 6) is 0. The predicted octanol–water partition coefficient (Wildman–Crippen LogP) is 1.25. The molecule has 3 N–H and O–H groups in total. The van der Waals surface area contributed by atoms with Crippen LogP contribution >= 0.6 is 0 Å². The van der Waals surface area contributed by atoms with E-state index in [1.807, 2.05) is 0 Å². The lowest BCUT2D eigenvalue weighted by Crippen LogP contribution is -2.49. The Hall–Kier alpha value is -0.850. The lowest BCUT2D eigenvalue weighted by atomic mass is 9.73. The first-order chi connectivity index (χ1) is 11.4. The molecule has 1 saturated carbocycles. The van der Waals surface area contributed by atoms with Crippen molar-refractivity contribution in [2.45, 2.75) is 57.6 Å². The summed E-state index contributed by atoms with van der Waals surface area (Å²) < 4.78 is 0. The van der Waals surface area contributed by atoms with E-state index in [0.717, 1.165) is 45.3 Å². The molecule has 2 atom stereocenters. The van der Waals surface area contributed by atoms with Crippen molar-refractivity contribution in [1.82, 2.24) is 20.4 Å². The highest BCUT2D eigenvalue weighted by atomic mass is 16.3. The summed E-state index contributed by atoms with van der Waals surface area (Å²) in [6, 6.07) is 0.581. The van der Waals surface area contributed by atoms with Crippen LogP contribution in [0.5, 0.6) is 0 Å². The van der Waals surface area contributed by atoms with E-state index in [-0.39, 0.29) is 17.6 Å². The molecule has 6 nitrogen and oxygen atoms in total. The van der Waals surface area contributed by atoms with Crippen molar-refractivity contribution < 1.29 is 9.90 Å². The Balaban J connectivity index is 1.59. The van der Waals surface area contributed by atoms with Crippen molar-refractivity contribution in [2.75, 3.05) is 46.8 Å². The van der Waals surface area contributed by atoms with E-state index in [1.165, 1.54) is 12.8 Å². The second-order valence-corrected chi connectivity index (χ2v) is 8.06. The van der Waals surface area contributed by atoms with Crippen LogP contribution < -0.4 is 10.6 Å². The molecule has 2 amide bonds. The normalized spacial score (nSPS) is 29.6. The minimum Gasteiger partial charge on any atom is -0.392 e. The fraction of sp³-hybridized carbons (Fsp3) is 0.944. The Kier molecular flexibility index (Phi) is 7.32. The third-order valence-electron chi connectivity index (χ3n) is 5.93. The zero-order valence-corrected chi connectivity index (χ0v) is 15.7. The average Bonchev–Trinajstić information content (AvgIpc) is 2.56. The fourth-order valence-corrected chi connectivity index (χ4v) is 3.92. The average molecular weight is 341 g/mol. The highest BCUT2D eigenvalue weighted by Crippen LogP contribution is 2.35. The van der Waals surface area contributed by atoms with Crippen LogP contribution in [0.2, 0.25) is 0 Å². The van der Waals surface area contributed by atoms with Gasteiger partial charge in [0.25, 0.3) is 0 Å². The van der Waals surface area contributed by atoms with E-state index in [2.05, 4.69) is 41.5 Å². The minimum atomic E-state index is -0.301. The molecule has 0 aromatic carbocycles. The lowest BCUT2D eigenvalue weighted by molar-refractivity contribution is 0.00308. The molecule has 2 fully saturated rings. The van der Waals surface area contributed by atoms with E-state index in [9.17, 15) is 9.90 Å². The number of aliphatic hydroxyl groups is 1. The Morgan fingerprint density at radius 2 is 1.92 bits per heavy atom. The zero-order chi connectivity index (χ0) is 17.6. The molecule has 1 heterocycles. The quantitative estimate of drug-likeness (QED) is 0.681. The first-order valence-corrected chi connectivity index (χ1v) is 9.49. The second kappa shape index (κ2) is 9.02. The Morgan fingerprint density at radius 3 is 2.54 bits per heavy atom. The molecule has 1 aliphatic carbocycles. The molecule has 0 aromatic rings. The highest BCUT2D eigenvalue weighted by Gasteiger charge is 2.35.